The van der Waals surface area contributed by atoms with Gasteiger partial charge in [0.1, 0.15) is 11.1 Å². The molecule has 1 aromatic carbocycles. The van der Waals surface area contributed by atoms with E-state index >= 15 is 0 Å². The molecule has 0 unspecified atom stereocenters. The number of nitriles is 1. The van der Waals surface area contributed by atoms with Crippen LogP contribution in [0.15, 0.2) is 12.1 Å². The van der Waals surface area contributed by atoms with Gasteiger partial charge in [-0.05, 0) is 12.1 Å². The van der Waals surface area contributed by atoms with Gasteiger partial charge in [0, 0.05) is 0 Å². The van der Waals surface area contributed by atoms with Crippen LogP contribution in [0.3, 0.4) is 0 Å². The number of hydrogen-bond acceptors (Lipinski definition) is 2. The smallest absolute Gasteiger partial charge is 0.387 e. The minimum atomic E-state index is -3.18. The SMILES string of the molecule is N#Cc1ccc(F)c(OC(F)F)c1Cl. The number of alkyl halides is 2. The second-order valence-corrected chi connectivity index (χ2v) is 2.61. The van der Waals surface area contributed by atoms with E-state index in [2.05, 4.69) is 4.74 Å². The molecule has 0 fully saturated rings. The van der Waals surface area contributed by atoms with Crippen molar-refractivity contribution in [3.05, 3.63) is 28.5 Å². The molecule has 74 valence electrons. The van der Waals surface area contributed by atoms with Crippen LogP contribution in [-0.2, 0) is 0 Å². The first-order chi connectivity index (χ1) is 6.56. The number of benzene rings is 1. The summed E-state index contributed by atoms with van der Waals surface area (Å²) in [6.07, 6.45) is 0. The average molecular weight is 222 g/mol. The van der Waals surface area contributed by atoms with Crippen molar-refractivity contribution in [2.45, 2.75) is 6.61 Å². The standard InChI is InChI=1S/C8H3ClF3NO/c9-6-4(3-13)1-2-5(10)7(6)14-8(11)12/h1-2,8H. The van der Waals surface area contributed by atoms with E-state index < -0.39 is 23.2 Å². The summed E-state index contributed by atoms with van der Waals surface area (Å²) in [5.74, 6) is -1.84. The molecule has 1 rings (SSSR count). The molecule has 0 heterocycles. The Bertz CT molecular complexity index is 389. The van der Waals surface area contributed by atoms with Crippen molar-refractivity contribution >= 4 is 11.6 Å². The second-order valence-electron chi connectivity index (χ2n) is 2.23. The lowest BCUT2D eigenvalue weighted by molar-refractivity contribution is -0.0521. The van der Waals surface area contributed by atoms with Gasteiger partial charge in [0.05, 0.1) is 5.56 Å². The Hall–Kier alpha value is -1.41. The molecule has 0 saturated heterocycles. The highest BCUT2D eigenvalue weighted by atomic mass is 35.5. The molecule has 0 aliphatic heterocycles. The lowest BCUT2D eigenvalue weighted by Crippen LogP contribution is -2.04. The van der Waals surface area contributed by atoms with Crippen molar-refractivity contribution in [1.82, 2.24) is 0 Å². The predicted molar refractivity (Wildman–Crippen MR) is 42.8 cm³/mol. The number of hydrogen-bond donors (Lipinski definition) is 0. The van der Waals surface area contributed by atoms with Crippen LogP contribution < -0.4 is 4.74 Å². The van der Waals surface area contributed by atoms with Crippen LogP contribution in [-0.4, -0.2) is 6.61 Å². The summed E-state index contributed by atoms with van der Waals surface area (Å²) in [7, 11) is 0. The van der Waals surface area contributed by atoms with Gasteiger partial charge in [0.15, 0.2) is 11.6 Å². The summed E-state index contributed by atoms with van der Waals surface area (Å²) in [6, 6.07) is 3.53. The second kappa shape index (κ2) is 4.20. The van der Waals surface area contributed by atoms with Crippen LogP contribution in [0.1, 0.15) is 5.56 Å². The van der Waals surface area contributed by atoms with Gasteiger partial charge >= 0.3 is 6.61 Å². The maximum Gasteiger partial charge on any atom is 0.387 e. The summed E-state index contributed by atoms with van der Waals surface area (Å²) in [6.45, 7) is -3.18. The predicted octanol–water partition coefficient (Wildman–Crippen LogP) is 2.95. The van der Waals surface area contributed by atoms with Gasteiger partial charge in [0.25, 0.3) is 0 Å². The molecule has 0 saturated carbocycles. The Morgan fingerprint density at radius 2 is 2.07 bits per heavy atom. The number of rotatable bonds is 2. The molecule has 0 N–H and O–H groups in total. The number of nitrogens with zero attached hydrogens (tertiary/aromatic N) is 1. The van der Waals surface area contributed by atoms with Gasteiger partial charge in [-0.2, -0.15) is 14.0 Å². The summed E-state index contributed by atoms with van der Waals surface area (Å²) in [5, 5.41) is 8.02. The van der Waals surface area contributed by atoms with Crippen molar-refractivity contribution < 1.29 is 17.9 Å². The van der Waals surface area contributed by atoms with Gasteiger partial charge < -0.3 is 4.74 Å². The molecular weight excluding hydrogens is 219 g/mol. The summed E-state index contributed by atoms with van der Waals surface area (Å²) in [5.41, 5.74) is -0.122. The van der Waals surface area contributed by atoms with E-state index in [-0.39, 0.29) is 5.56 Å². The minimum Gasteiger partial charge on any atom is -0.430 e. The first kappa shape index (κ1) is 10.7. The zero-order valence-corrected chi connectivity index (χ0v) is 7.36. The van der Waals surface area contributed by atoms with Crippen LogP contribution in [0.2, 0.25) is 5.02 Å². The van der Waals surface area contributed by atoms with Crippen LogP contribution in [0.4, 0.5) is 13.2 Å². The van der Waals surface area contributed by atoms with E-state index in [9.17, 15) is 13.2 Å². The van der Waals surface area contributed by atoms with Crippen molar-refractivity contribution in [1.29, 1.82) is 5.26 Å². The third kappa shape index (κ3) is 2.09. The number of halogens is 4. The fourth-order valence-corrected chi connectivity index (χ4v) is 1.06. The molecule has 0 atom stereocenters. The maximum atomic E-state index is 12.9. The Kier molecular flexibility index (Phi) is 3.20. The Morgan fingerprint density at radius 3 is 2.57 bits per heavy atom. The molecular formula is C8H3ClF3NO. The molecule has 6 heteroatoms. The Labute approximate surface area is 82.5 Å². The highest BCUT2D eigenvalue weighted by Gasteiger charge is 2.16. The molecule has 0 radical (unpaired) electrons. The Balaban J connectivity index is 3.20. The number of ether oxygens (including phenoxy) is 1. The molecule has 0 aliphatic rings. The fraction of sp³-hybridized carbons (Fsp3) is 0.125. The van der Waals surface area contributed by atoms with E-state index in [1.807, 2.05) is 0 Å². The van der Waals surface area contributed by atoms with Gasteiger partial charge in [-0.3, -0.25) is 0 Å². The highest BCUT2D eigenvalue weighted by molar-refractivity contribution is 6.33. The van der Waals surface area contributed by atoms with Crippen LogP contribution >= 0.6 is 11.6 Å². The zero-order valence-electron chi connectivity index (χ0n) is 6.60. The third-order valence-corrected chi connectivity index (χ3v) is 1.75. The monoisotopic (exact) mass is 221 g/mol. The minimum absolute atomic E-state index is 0.122. The van der Waals surface area contributed by atoms with Crippen LogP contribution in [0.25, 0.3) is 0 Å². The van der Waals surface area contributed by atoms with Crippen LogP contribution in [0.5, 0.6) is 5.75 Å². The van der Waals surface area contributed by atoms with Gasteiger partial charge in [-0.25, -0.2) is 4.39 Å². The maximum absolute atomic E-state index is 12.9. The topological polar surface area (TPSA) is 33.0 Å². The van der Waals surface area contributed by atoms with Gasteiger partial charge in [-0.15, -0.1) is 0 Å². The average Bonchev–Trinajstić information content (AvgIpc) is 2.12. The largest absolute Gasteiger partial charge is 0.430 e. The highest BCUT2D eigenvalue weighted by Crippen LogP contribution is 2.31. The molecule has 1 aromatic rings. The van der Waals surface area contributed by atoms with Crippen molar-refractivity contribution in [3.8, 4) is 11.8 Å². The summed E-state index contributed by atoms with van der Waals surface area (Å²) in [4.78, 5) is 0. The molecule has 0 amide bonds. The van der Waals surface area contributed by atoms with E-state index in [0.29, 0.717) is 0 Å². The fourth-order valence-electron chi connectivity index (χ4n) is 0.816. The van der Waals surface area contributed by atoms with E-state index in [1.165, 1.54) is 0 Å². The zero-order chi connectivity index (χ0) is 10.7. The quantitative estimate of drug-likeness (QED) is 0.769. The Morgan fingerprint density at radius 1 is 1.43 bits per heavy atom. The first-order valence-corrected chi connectivity index (χ1v) is 3.77. The lowest BCUT2D eigenvalue weighted by atomic mass is 10.2. The summed E-state index contributed by atoms with van der Waals surface area (Å²) < 4.78 is 40.3. The lowest BCUT2D eigenvalue weighted by Gasteiger charge is -2.07. The molecule has 0 spiro atoms. The molecule has 0 bridgehead atoms. The summed E-state index contributed by atoms with van der Waals surface area (Å²) >= 11 is 5.44. The van der Waals surface area contributed by atoms with Crippen molar-refractivity contribution in [2.24, 2.45) is 0 Å². The van der Waals surface area contributed by atoms with E-state index in [1.54, 1.807) is 6.07 Å². The molecule has 0 aromatic heterocycles. The van der Waals surface area contributed by atoms with Gasteiger partial charge in [-0.1, -0.05) is 11.6 Å². The first-order valence-electron chi connectivity index (χ1n) is 3.39. The van der Waals surface area contributed by atoms with Crippen molar-refractivity contribution in [3.63, 3.8) is 0 Å². The third-order valence-electron chi connectivity index (χ3n) is 1.38. The van der Waals surface area contributed by atoms with E-state index in [4.69, 9.17) is 16.9 Å². The molecule has 2 nitrogen and oxygen atoms in total. The molecule has 14 heavy (non-hydrogen) atoms. The van der Waals surface area contributed by atoms with Crippen LogP contribution in [0, 0.1) is 17.1 Å². The van der Waals surface area contributed by atoms with Crippen molar-refractivity contribution in [2.75, 3.05) is 0 Å². The van der Waals surface area contributed by atoms with E-state index in [0.717, 1.165) is 12.1 Å². The molecule has 0 aliphatic carbocycles. The van der Waals surface area contributed by atoms with Gasteiger partial charge in [0.2, 0.25) is 0 Å². The normalized spacial score (nSPS) is 10.0.